The number of hydrogen-bond donors (Lipinski definition) is 1. The fourth-order valence-electron chi connectivity index (χ4n) is 2.93. The summed E-state index contributed by atoms with van der Waals surface area (Å²) in [5, 5.41) is 3.33. The Bertz CT molecular complexity index is 431. The van der Waals surface area contributed by atoms with E-state index >= 15 is 0 Å². The van der Waals surface area contributed by atoms with E-state index in [4.69, 9.17) is 4.74 Å². The van der Waals surface area contributed by atoms with Crippen molar-refractivity contribution >= 4 is 5.69 Å². The van der Waals surface area contributed by atoms with Crippen molar-refractivity contribution in [2.45, 2.75) is 45.4 Å². The number of nitrogens with zero attached hydrogens (tertiary/aromatic N) is 1. The Morgan fingerprint density at radius 3 is 2.68 bits per heavy atom. The van der Waals surface area contributed by atoms with Crippen molar-refractivity contribution in [3.05, 3.63) is 29.8 Å². The van der Waals surface area contributed by atoms with Crippen LogP contribution in [0.25, 0.3) is 0 Å². The lowest BCUT2D eigenvalue weighted by molar-refractivity contribution is -0.0750. The van der Waals surface area contributed by atoms with E-state index in [9.17, 15) is 0 Å². The predicted molar refractivity (Wildman–Crippen MR) is 80.8 cm³/mol. The van der Waals surface area contributed by atoms with Gasteiger partial charge < -0.3 is 15.0 Å². The molecule has 1 heterocycles. The van der Waals surface area contributed by atoms with Crippen LogP contribution in [0.5, 0.6) is 0 Å². The Kier molecular flexibility index (Phi) is 4.16. The molecule has 106 valence electrons. The molecule has 0 saturated carbocycles. The van der Waals surface area contributed by atoms with Crippen LogP contribution in [0.15, 0.2) is 24.3 Å². The van der Waals surface area contributed by atoms with Gasteiger partial charge in [-0.05, 0) is 46.4 Å². The maximum atomic E-state index is 5.99. The van der Waals surface area contributed by atoms with E-state index in [0.29, 0.717) is 6.04 Å². The first-order valence-electron chi connectivity index (χ1n) is 7.12. The van der Waals surface area contributed by atoms with E-state index in [0.717, 1.165) is 13.1 Å². The van der Waals surface area contributed by atoms with Crippen molar-refractivity contribution in [2.24, 2.45) is 0 Å². The number of para-hydroxylation sites is 1. The van der Waals surface area contributed by atoms with Crippen LogP contribution in [-0.4, -0.2) is 31.8 Å². The molecule has 19 heavy (non-hydrogen) atoms. The van der Waals surface area contributed by atoms with Crippen molar-refractivity contribution in [3.63, 3.8) is 0 Å². The zero-order chi connectivity index (χ0) is 14.0. The van der Waals surface area contributed by atoms with Crippen molar-refractivity contribution in [2.75, 3.05) is 25.0 Å². The lowest BCUT2D eigenvalue weighted by Gasteiger charge is -2.43. The van der Waals surface area contributed by atoms with Gasteiger partial charge in [0.25, 0.3) is 0 Å². The summed E-state index contributed by atoms with van der Waals surface area (Å²) in [4.78, 5) is 2.46. The average molecular weight is 262 g/mol. The first kappa shape index (κ1) is 14.4. The summed E-state index contributed by atoms with van der Waals surface area (Å²) < 4.78 is 5.99. The molecule has 0 aliphatic carbocycles. The number of rotatable bonds is 3. The molecule has 3 nitrogen and oxygen atoms in total. The predicted octanol–water partition coefficient (Wildman–Crippen LogP) is 2.97. The zero-order valence-corrected chi connectivity index (χ0v) is 12.7. The minimum absolute atomic E-state index is 0.0896. The topological polar surface area (TPSA) is 24.5 Å². The molecule has 1 N–H and O–H groups in total. The molecule has 1 aromatic rings. The number of hydrogen-bond acceptors (Lipinski definition) is 3. The van der Waals surface area contributed by atoms with Gasteiger partial charge in [-0.3, -0.25) is 0 Å². The van der Waals surface area contributed by atoms with E-state index in [-0.39, 0.29) is 11.7 Å². The van der Waals surface area contributed by atoms with Gasteiger partial charge in [-0.1, -0.05) is 18.2 Å². The number of anilines is 1. The SMILES string of the molecule is CNC(C)c1ccccc1N1CC(C)OC(C)(C)C1. The van der Waals surface area contributed by atoms with Crippen molar-refractivity contribution in [3.8, 4) is 0 Å². The quantitative estimate of drug-likeness (QED) is 0.906. The fraction of sp³-hybridized carbons (Fsp3) is 0.625. The van der Waals surface area contributed by atoms with Gasteiger partial charge in [-0.25, -0.2) is 0 Å². The Hall–Kier alpha value is -1.06. The van der Waals surface area contributed by atoms with Crippen molar-refractivity contribution in [1.29, 1.82) is 0 Å². The molecule has 1 aliphatic rings. The third kappa shape index (κ3) is 3.28. The summed E-state index contributed by atoms with van der Waals surface area (Å²) in [6.07, 6.45) is 0.265. The Morgan fingerprint density at radius 2 is 2.05 bits per heavy atom. The summed E-state index contributed by atoms with van der Waals surface area (Å²) in [6, 6.07) is 9.02. The normalized spacial score (nSPS) is 24.3. The molecular formula is C16H26N2O. The summed E-state index contributed by atoms with van der Waals surface area (Å²) >= 11 is 0. The van der Waals surface area contributed by atoms with Gasteiger partial charge in [0, 0.05) is 24.8 Å². The standard InChI is InChI=1S/C16H26N2O/c1-12-10-18(11-16(3,4)19-12)15-9-7-6-8-14(15)13(2)17-5/h6-9,12-13,17H,10-11H2,1-5H3. The maximum Gasteiger partial charge on any atom is 0.0805 e. The van der Waals surface area contributed by atoms with Gasteiger partial charge in [0.1, 0.15) is 0 Å². The molecule has 2 atom stereocenters. The van der Waals surface area contributed by atoms with Crippen LogP contribution >= 0.6 is 0 Å². The Morgan fingerprint density at radius 1 is 1.37 bits per heavy atom. The van der Waals surface area contributed by atoms with E-state index in [2.05, 4.69) is 62.2 Å². The lowest BCUT2D eigenvalue weighted by atomic mass is 10.0. The largest absolute Gasteiger partial charge is 0.369 e. The second kappa shape index (κ2) is 5.51. The number of nitrogens with one attached hydrogen (secondary N) is 1. The van der Waals surface area contributed by atoms with Crippen LogP contribution in [0.3, 0.4) is 0 Å². The van der Waals surface area contributed by atoms with Crippen LogP contribution in [0.2, 0.25) is 0 Å². The van der Waals surface area contributed by atoms with E-state index in [1.54, 1.807) is 0 Å². The number of morpholine rings is 1. The van der Waals surface area contributed by atoms with Gasteiger partial charge in [-0.2, -0.15) is 0 Å². The Balaban J connectivity index is 2.31. The summed E-state index contributed by atoms with van der Waals surface area (Å²) in [5.41, 5.74) is 2.59. The molecule has 1 aliphatic heterocycles. The van der Waals surface area contributed by atoms with Crippen molar-refractivity contribution < 1.29 is 4.74 Å². The highest BCUT2D eigenvalue weighted by molar-refractivity contribution is 5.55. The average Bonchev–Trinajstić information content (AvgIpc) is 2.35. The van der Waals surface area contributed by atoms with E-state index in [1.165, 1.54) is 11.3 Å². The molecule has 1 fully saturated rings. The van der Waals surface area contributed by atoms with Crippen LogP contribution in [-0.2, 0) is 4.74 Å². The lowest BCUT2D eigenvalue weighted by Crippen LogP contribution is -2.52. The summed E-state index contributed by atoms with van der Waals surface area (Å²) in [6.45, 7) is 10.6. The molecule has 0 radical (unpaired) electrons. The van der Waals surface area contributed by atoms with Crippen LogP contribution < -0.4 is 10.2 Å². The first-order valence-corrected chi connectivity index (χ1v) is 7.12. The molecule has 1 aromatic carbocycles. The van der Waals surface area contributed by atoms with Crippen LogP contribution in [0.4, 0.5) is 5.69 Å². The number of benzene rings is 1. The molecule has 0 spiro atoms. The van der Waals surface area contributed by atoms with Crippen LogP contribution in [0.1, 0.15) is 39.3 Å². The second-order valence-electron chi connectivity index (χ2n) is 6.14. The van der Waals surface area contributed by atoms with Gasteiger partial charge >= 0.3 is 0 Å². The van der Waals surface area contributed by atoms with Gasteiger partial charge in [-0.15, -0.1) is 0 Å². The second-order valence-corrected chi connectivity index (χ2v) is 6.14. The smallest absolute Gasteiger partial charge is 0.0805 e. The van der Waals surface area contributed by atoms with Gasteiger partial charge in [0.15, 0.2) is 0 Å². The third-order valence-corrected chi connectivity index (χ3v) is 3.75. The summed E-state index contributed by atoms with van der Waals surface area (Å²) in [5.74, 6) is 0. The maximum absolute atomic E-state index is 5.99. The molecule has 3 heteroatoms. The highest BCUT2D eigenvalue weighted by atomic mass is 16.5. The molecule has 2 unspecified atom stereocenters. The molecule has 0 amide bonds. The monoisotopic (exact) mass is 262 g/mol. The van der Waals surface area contributed by atoms with Gasteiger partial charge in [0.2, 0.25) is 0 Å². The highest BCUT2D eigenvalue weighted by Gasteiger charge is 2.32. The van der Waals surface area contributed by atoms with Gasteiger partial charge in [0.05, 0.1) is 11.7 Å². The fourth-order valence-corrected chi connectivity index (χ4v) is 2.93. The van der Waals surface area contributed by atoms with E-state index < -0.39 is 0 Å². The number of ether oxygens (including phenoxy) is 1. The first-order chi connectivity index (χ1) is 8.93. The summed E-state index contributed by atoms with van der Waals surface area (Å²) in [7, 11) is 2.01. The highest BCUT2D eigenvalue weighted by Crippen LogP contribution is 2.31. The molecule has 1 saturated heterocycles. The molecule has 0 aromatic heterocycles. The van der Waals surface area contributed by atoms with Crippen molar-refractivity contribution in [1.82, 2.24) is 5.32 Å². The molecule has 2 rings (SSSR count). The van der Waals surface area contributed by atoms with Crippen LogP contribution in [0, 0.1) is 0 Å². The zero-order valence-electron chi connectivity index (χ0n) is 12.7. The minimum atomic E-state index is -0.0896. The molecular weight excluding hydrogens is 236 g/mol. The minimum Gasteiger partial charge on any atom is -0.369 e. The molecule has 0 bridgehead atoms. The Labute approximate surface area is 116 Å². The van der Waals surface area contributed by atoms with E-state index in [1.807, 2.05) is 7.05 Å². The third-order valence-electron chi connectivity index (χ3n) is 3.75.